The first kappa shape index (κ1) is 13.4. The van der Waals surface area contributed by atoms with Crippen molar-refractivity contribution in [1.82, 2.24) is 0 Å². The van der Waals surface area contributed by atoms with Gasteiger partial charge in [0.1, 0.15) is 11.5 Å². The Bertz CT molecular complexity index is 566. The first-order chi connectivity index (χ1) is 8.60. The molecule has 0 aliphatic rings. The second-order valence-electron chi connectivity index (χ2n) is 4.23. The summed E-state index contributed by atoms with van der Waals surface area (Å²) in [6, 6.07) is 11.8. The van der Waals surface area contributed by atoms with Gasteiger partial charge in [-0.1, -0.05) is 33.6 Å². The van der Waals surface area contributed by atoms with E-state index >= 15 is 0 Å². The lowest BCUT2D eigenvalue weighted by molar-refractivity contribution is 0.481. The maximum atomic E-state index is 5.99. The number of alkyl halides is 1. The van der Waals surface area contributed by atoms with Crippen LogP contribution in [0.5, 0.6) is 11.5 Å². The Kier molecular flexibility index (Phi) is 4.31. The van der Waals surface area contributed by atoms with Gasteiger partial charge in [-0.15, -0.1) is 0 Å². The quantitative estimate of drug-likeness (QED) is 0.663. The molecular formula is C15H14BrClO. The lowest BCUT2D eigenvalue weighted by atomic mass is 10.1. The van der Waals surface area contributed by atoms with E-state index in [-0.39, 0.29) is 0 Å². The summed E-state index contributed by atoms with van der Waals surface area (Å²) in [6.07, 6.45) is 0. The SMILES string of the molecule is Cc1cc(Oc2ccc(CBr)c(C)c2)ccc1Cl. The molecule has 3 heteroatoms. The normalized spacial score (nSPS) is 10.4. The molecule has 0 aliphatic heterocycles. The van der Waals surface area contributed by atoms with Gasteiger partial charge in [0.2, 0.25) is 0 Å². The van der Waals surface area contributed by atoms with Crippen LogP contribution in [-0.2, 0) is 5.33 Å². The molecule has 0 aromatic heterocycles. The second kappa shape index (κ2) is 5.77. The Morgan fingerprint density at radius 2 is 1.61 bits per heavy atom. The molecule has 0 saturated carbocycles. The van der Waals surface area contributed by atoms with Crippen LogP contribution >= 0.6 is 27.5 Å². The third kappa shape index (κ3) is 3.06. The Hall–Kier alpha value is -0.990. The molecule has 0 radical (unpaired) electrons. The van der Waals surface area contributed by atoms with Gasteiger partial charge in [0.25, 0.3) is 0 Å². The van der Waals surface area contributed by atoms with Crippen molar-refractivity contribution in [2.45, 2.75) is 19.2 Å². The summed E-state index contributed by atoms with van der Waals surface area (Å²) in [5.41, 5.74) is 3.51. The molecule has 0 unspecified atom stereocenters. The fraction of sp³-hybridized carbons (Fsp3) is 0.200. The van der Waals surface area contributed by atoms with Gasteiger partial charge in [0, 0.05) is 10.4 Å². The van der Waals surface area contributed by atoms with Crippen molar-refractivity contribution in [3.05, 3.63) is 58.1 Å². The standard InChI is InChI=1S/C15H14BrClO/c1-10-7-13(4-3-12(10)9-16)18-14-5-6-15(17)11(2)8-14/h3-8H,9H2,1-2H3. The highest BCUT2D eigenvalue weighted by atomic mass is 79.9. The molecule has 0 aliphatic carbocycles. The van der Waals surface area contributed by atoms with E-state index in [9.17, 15) is 0 Å². The Balaban J connectivity index is 2.23. The summed E-state index contributed by atoms with van der Waals surface area (Å²) in [5.74, 6) is 1.65. The molecule has 1 nitrogen and oxygen atoms in total. The van der Waals surface area contributed by atoms with Crippen molar-refractivity contribution in [1.29, 1.82) is 0 Å². The molecule has 0 spiro atoms. The van der Waals surface area contributed by atoms with Gasteiger partial charge >= 0.3 is 0 Å². The lowest BCUT2D eigenvalue weighted by Crippen LogP contribution is -1.89. The number of ether oxygens (including phenoxy) is 1. The zero-order chi connectivity index (χ0) is 13.1. The van der Waals surface area contributed by atoms with Gasteiger partial charge < -0.3 is 4.74 Å². The van der Waals surface area contributed by atoms with E-state index in [0.717, 1.165) is 27.4 Å². The highest BCUT2D eigenvalue weighted by Crippen LogP contribution is 2.27. The zero-order valence-electron chi connectivity index (χ0n) is 10.3. The molecule has 0 atom stereocenters. The Labute approximate surface area is 121 Å². The Morgan fingerprint density at radius 3 is 2.17 bits per heavy atom. The molecule has 0 bridgehead atoms. The van der Waals surface area contributed by atoms with Crippen molar-refractivity contribution in [3.8, 4) is 11.5 Å². The maximum absolute atomic E-state index is 5.99. The molecule has 18 heavy (non-hydrogen) atoms. The van der Waals surface area contributed by atoms with Crippen molar-refractivity contribution < 1.29 is 4.74 Å². The molecule has 0 N–H and O–H groups in total. The maximum Gasteiger partial charge on any atom is 0.127 e. The van der Waals surface area contributed by atoms with Crippen LogP contribution in [0, 0.1) is 13.8 Å². The monoisotopic (exact) mass is 324 g/mol. The number of benzene rings is 2. The number of rotatable bonds is 3. The molecule has 0 heterocycles. The van der Waals surface area contributed by atoms with E-state index < -0.39 is 0 Å². The molecule has 94 valence electrons. The van der Waals surface area contributed by atoms with Gasteiger partial charge in [-0.25, -0.2) is 0 Å². The minimum absolute atomic E-state index is 0.758. The average molecular weight is 326 g/mol. The summed E-state index contributed by atoms with van der Waals surface area (Å²) in [7, 11) is 0. The van der Waals surface area contributed by atoms with E-state index in [1.807, 2.05) is 37.3 Å². The van der Waals surface area contributed by atoms with E-state index in [1.54, 1.807) is 0 Å². The molecule has 0 saturated heterocycles. The molecular weight excluding hydrogens is 312 g/mol. The topological polar surface area (TPSA) is 9.23 Å². The minimum atomic E-state index is 0.758. The molecule has 2 aromatic carbocycles. The molecule has 0 amide bonds. The Morgan fingerprint density at radius 1 is 1.00 bits per heavy atom. The smallest absolute Gasteiger partial charge is 0.127 e. The third-order valence-electron chi connectivity index (χ3n) is 2.82. The van der Waals surface area contributed by atoms with E-state index in [1.165, 1.54) is 11.1 Å². The first-order valence-electron chi connectivity index (χ1n) is 5.69. The average Bonchev–Trinajstić information content (AvgIpc) is 2.34. The van der Waals surface area contributed by atoms with Crippen LogP contribution in [0.4, 0.5) is 0 Å². The summed E-state index contributed by atoms with van der Waals surface area (Å²) < 4.78 is 5.82. The summed E-state index contributed by atoms with van der Waals surface area (Å²) in [4.78, 5) is 0. The predicted molar refractivity (Wildman–Crippen MR) is 80.1 cm³/mol. The number of hydrogen-bond donors (Lipinski definition) is 0. The van der Waals surface area contributed by atoms with Gasteiger partial charge in [-0.05, 0) is 60.9 Å². The van der Waals surface area contributed by atoms with Crippen molar-refractivity contribution in [2.75, 3.05) is 0 Å². The van der Waals surface area contributed by atoms with Gasteiger partial charge in [-0.3, -0.25) is 0 Å². The second-order valence-corrected chi connectivity index (χ2v) is 5.20. The third-order valence-corrected chi connectivity index (χ3v) is 3.85. The van der Waals surface area contributed by atoms with Crippen molar-refractivity contribution in [3.63, 3.8) is 0 Å². The fourth-order valence-electron chi connectivity index (χ4n) is 1.70. The summed E-state index contributed by atoms with van der Waals surface area (Å²) >= 11 is 9.45. The van der Waals surface area contributed by atoms with Crippen molar-refractivity contribution in [2.24, 2.45) is 0 Å². The van der Waals surface area contributed by atoms with Gasteiger partial charge in [-0.2, -0.15) is 0 Å². The summed E-state index contributed by atoms with van der Waals surface area (Å²) in [5, 5.41) is 1.62. The lowest BCUT2D eigenvalue weighted by Gasteiger charge is -2.09. The number of aryl methyl sites for hydroxylation is 2. The van der Waals surface area contributed by atoms with E-state index in [0.29, 0.717) is 0 Å². The van der Waals surface area contributed by atoms with Crippen LogP contribution in [0.15, 0.2) is 36.4 Å². The number of hydrogen-bond acceptors (Lipinski definition) is 1. The van der Waals surface area contributed by atoms with Crippen LogP contribution in [0.25, 0.3) is 0 Å². The van der Waals surface area contributed by atoms with E-state index in [4.69, 9.17) is 16.3 Å². The minimum Gasteiger partial charge on any atom is -0.457 e. The van der Waals surface area contributed by atoms with Crippen LogP contribution in [0.2, 0.25) is 5.02 Å². The molecule has 2 rings (SSSR count). The van der Waals surface area contributed by atoms with Crippen molar-refractivity contribution >= 4 is 27.5 Å². The van der Waals surface area contributed by atoms with Gasteiger partial charge in [0.15, 0.2) is 0 Å². The van der Waals surface area contributed by atoms with Crippen LogP contribution in [0.1, 0.15) is 16.7 Å². The number of halogens is 2. The van der Waals surface area contributed by atoms with Crippen LogP contribution < -0.4 is 4.74 Å². The predicted octanol–water partition coefficient (Wildman–Crippen LogP) is 5.64. The first-order valence-corrected chi connectivity index (χ1v) is 7.19. The highest BCUT2D eigenvalue weighted by molar-refractivity contribution is 9.08. The highest BCUT2D eigenvalue weighted by Gasteiger charge is 2.03. The molecule has 0 fully saturated rings. The largest absolute Gasteiger partial charge is 0.457 e. The fourth-order valence-corrected chi connectivity index (χ4v) is 2.45. The van der Waals surface area contributed by atoms with E-state index in [2.05, 4.69) is 28.9 Å². The van der Waals surface area contributed by atoms with Crippen LogP contribution in [0.3, 0.4) is 0 Å². The zero-order valence-corrected chi connectivity index (χ0v) is 12.7. The van der Waals surface area contributed by atoms with Gasteiger partial charge in [0.05, 0.1) is 0 Å². The summed E-state index contributed by atoms with van der Waals surface area (Å²) in [6.45, 7) is 4.05. The van der Waals surface area contributed by atoms with Crippen LogP contribution in [-0.4, -0.2) is 0 Å². The molecule has 2 aromatic rings.